The van der Waals surface area contributed by atoms with Crippen LogP contribution in [0.5, 0.6) is 0 Å². The van der Waals surface area contributed by atoms with Gasteiger partial charge in [0.25, 0.3) is 5.91 Å². The third-order valence-corrected chi connectivity index (χ3v) is 3.87. The van der Waals surface area contributed by atoms with E-state index in [2.05, 4.69) is 20.9 Å². The smallest absolute Gasteiger partial charge is 0.347 e. The van der Waals surface area contributed by atoms with Crippen LogP contribution in [-0.2, 0) is 6.18 Å². The summed E-state index contributed by atoms with van der Waals surface area (Å²) in [5.41, 5.74) is -2.71. The van der Waals surface area contributed by atoms with Crippen LogP contribution in [0.3, 0.4) is 0 Å². The molecule has 1 atom stereocenters. The van der Waals surface area contributed by atoms with Gasteiger partial charge in [-0.15, -0.1) is 5.10 Å². The van der Waals surface area contributed by atoms with Gasteiger partial charge in [-0.1, -0.05) is 17.3 Å². The number of nitrogens with one attached hydrogen (secondary N) is 2. The molecule has 1 aromatic heterocycles. The number of amides is 1. The molecule has 1 fully saturated rings. The lowest BCUT2D eigenvalue weighted by atomic mass is 10.1. The summed E-state index contributed by atoms with van der Waals surface area (Å²) < 4.78 is 54.6. The van der Waals surface area contributed by atoms with Crippen LogP contribution < -0.4 is 10.6 Å². The van der Waals surface area contributed by atoms with E-state index in [0.29, 0.717) is 17.6 Å². The van der Waals surface area contributed by atoms with Crippen LogP contribution in [0.2, 0.25) is 0 Å². The van der Waals surface area contributed by atoms with Crippen LogP contribution in [0.1, 0.15) is 29.0 Å². The van der Waals surface area contributed by atoms with Gasteiger partial charge in [0.1, 0.15) is 11.5 Å². The molecular formula is C15H15F4N5O. The average Bonchev–Trinajstić information content (AvgIpc) is 3.01. The van der Waals surface area contributed by atoms with Gasteiger partial charge in [0.05, 0.1) is 0 Å². The Labute approximate surface area is 140 Å². The quantitative estimate of drug-likeness (QED) is 0.824. The Morgan fingerprint density at radius 2 is 2.08 bits per heavy atom. The molecule has 0 radical (unpaired) electrons. The highest BCUT2D eigenvalue weighted by molar-refractivity contribution is 5.93. The summed E-state index contributed by atoms with van der Waals surface area (Å²) in [6.07, 6.45) is -3.47. The minimum Gasteiger partial charge on any atom is -0.347 e. The third kappa shape index (κ3) is 3.63. The van der Waals surface area contributed by atoms with Crippen LogP contribution in [0.25, 0.3) is 5.69 Å². The van der Waals surface area contributed by atoms with Crippen molar-refractivity contribution in [2.75, 3.05) is 13.1 Å². The molecule has 1 unspecified atom stereocenters. The lowest BCUT2D eigenvalue weighted by Crippen LogP contribution is -2.46. The van der Waals surface area contributed by atoms with Crippen LogP contribution in [0.15, 0.2) is 24.3 Å². The SMILES string of the molecule is O=C(NC1CCCNC1)c1nnn(-c2ccccc2F)c1C(F)(F)F. The molecular weight excluding hydrogens is 342 g/mol. The zero-order valence-electron chi connectivity index (χ0n) is 13.0. The molecule has 10 heteroatoms. The molecule has 6 nitrogen and oxygen atoms in total. The van der Waals surface area contributed by atoms with Crippen molar-refractivity contribution in [3.8, 4) is 5.69 Å². The lowest BCUT2D eigenvalue weighted by molar-refractivity contribution is -0.143. The number of hydrogen-bond acceptors (Lipinski definition) is 4. The van der Waals surface area contributed by atoms with E-state index >= 15 is 0 Å². The Morgan fingerprint density at radius 3 is 2.72 bits per heavy atom. The van der Waals surface area contributed by atoms with Crippen molar-refractivity contribution in [2.45, 2.75) is 25.1 Å². The van der Waals surface area contributed by atoms with Crippen molar-refractivity contribution < 1.29 is 22.4 Å². The Kier molecular flexibility index (Phi) is 4.71. The number of hydrogen-bond donors (Lipinski definition) is 2. The average molecular weight is 357 g/mol. The topological polar surface area (TPSA) is 71.8 Å². The Bertz CT molecular complexity index is 768. The Balaban J connectivity index is 1.97. The highest BCUT2D eigenvalue weighted by Crippen LogP contribution is 2.33. The first-order valence-electron chi connectivity index (χ1n) is 7.67. The highest BCUT2D eigenvalue weighted by atomic mass is 19.4. The number of carbonyl (C=O) groups is 1. The van der Waals surface area contributed by atoms with E-state index in [-0.39, 0.29) is 6.04 Å². The van der Waals surface area contributed by atoms with E-state index in [1.165, 1.54) is 12.1 Å². The fourth-order valence-electron chi connectivity index (χ4n) is 2.71. The first-order valence-corrected chi connectivity index (χ1v) is 7.67. The second-order valence-electron chi connectivity index (χ2n) is 5.66. The molecule has 0 bridgehead atoms. The molecule has 0 spiro atoms. The Hall–Kier alpha value is -2.49. The Morgan fingerprint density at radius 1 is 1.32 bits per heavy atom. The predicted molar refractivity (Wildman–Crippen MR) is 79.7 cm³/mol. The zero-order valence-corrected chi connectivity index (χ0v) is 13.0. The van der Waals surface area contributed by atoms with E-state index in [1.54, 1.807) is 0 Å². The number of piperidine rings is 1. The number of nitrogens with zero attached hydrogens (tertiary/aromatic N) is 3. The first kappa shape index (κ1) is 17.3. The summed E-state index contributed by atoms with van der Waals surface area (Å²) in [4.78, 5) is 12.3. The van der Waals surface area contributed by atoms with Crippen LogP contribution in [-0.4, -0.2) is 40.0 Å². The summed E-state index contributed by atoms with van der Waals surface area (Å²) in [6.45, 7) is 1.26. The third-order valence-electron chi connectivity index (χ3n) is 3.87. The van der Waals surface area contributed by atoms with Gasteiger partial charge in [0, 0.05) is 12.6 Å². The molecule has 2 aromatic rings. The molecule has 1 aromatic carbocycles. The largest absolute Gasteiger partial charge is 0.435 e. The van der Waals surface area contributed by atoms with Crippen LogP contribution in [0.4, 0.5) is 17.6 Å². The first-order chi connectivity index (χ1) is 11.9. The summed E-state index contributed by atoms with van der Waals surface area (Å²) in [7, 11) is 0. The van der Waals surface area contributed by atoms with Gasteiger partial charge in [-0.05, 0) is 31.5 Å². The van der Waals surface area contributed by atoms with Crippen molar-refractivity contribution >= 4 is 5.91 Å². The van der Waals surface area contributed by atoms with Gasteiger partial charge in [-0.25, -0.2) is 9.07 Å². The summed E-state index contributed by atoms with van der Waals surface area (Å²) in [6, 6.07) is 4.55. The van der Waals surface area contributed by atoms with Gasteiger partial charge < -0.3 is 10.6 Å². The van der Waals surface area contributed by atoms with Gasteiger partial charge in [-0.3, -0.25) is 4.79 Å². The van der Waals surface area contributed by atoms with E-state index in [9.17, 15) is 22.4 Å². The van der Waals surface area contributed by atoms with E-state index in [1.807, 2.05) is 0 Å². The van der Waals surface area contributed by atoms with Crippen molar-refractivity contribution in [3.05, 3.63) is 41.5 Å². The molecule has 25 heavy (non-hydrogen) atoms. The standard InChI is InChI=1S/C15H15F4N5O/c16-10-5-1-2-6-11(10)24-13(15(17,18)19)12(22-23-24)14(25)21-9-4-3-7-20-8-9/h1-2,5-6,9,20H,3-4,7-8H2,(H,21,25). The zero-order chi connectivity index (χ0) is 18.0. The molecule has 1 saturated heterocycles. The summed E-state index contributed by atoms with van der Waals surface area (Å²) in [5.74, 6) is -1.88. The highest BCUT2D eigenvalue weighted by Gasteiger charge is 2.42. The van der Waals surface area contributed by atoms with Crippen LogP contribution in [0, 0.1) is 5.82 Å². The maximum absolute atomic E-state index is 13.9. The monoisotopic (exact) mass is 357 g/mol. The number of rotatable bonds is 3. The van der Waals surface area contributed by atoms with Crippen molar-refractivity contribution in [3.63, 3.8) is 0 Å². The van der Waals surface area contributed by atoms with Crippen LogP contribution >= 0.6 is 0 Å². The van der Waals surface area contributed by atoms with E-state index in [0.717, 1.165) is 25.1 Å². The maximum Gasteiger partial charge on any atom is 0.435 e. The van der Waals surface area contributed by atoms with Crippen molar-refractivity contribution in [1.82, 2.24) is 25.6 Å². The van der Waals surface area contributed by atoms with E-state index in [4.69, 9.17) is 0 Å². The molecule has 0 saturated carbocycles. The number of aromatic nitrogens is 3. The second kappa shape index (κ2) is 6.79. The molecule has 134 valence electrons. The molecule has 1 amide bonds. The summed E-state index contributed by atoms with van der Waals surface area (Å²) in [5, 5.41) is 12.3. The molecule has 3 rings (SSSR count). The number of para-hydroxylation sites is 1. The molecule has 1 aliphatic heterocycles. The second-order valence-corrected chi connectivity index (χ2v) is 5.66. The minimum atomic E-state index is -4.93. The fraction of sp³-hybridized carbons (Fsp3) is 0.400. The van der Waals surface area contributed by atoms with Crippen molar-refractivity contribution in [1.29, 1.82) is 0 Å². The van der Waals surface area contributed by atoms with Gasteiger partial charge in [0.2, 0.25) is 0 Å². The molecule has 0 aliphatic carbocycles. The lowest BCUT2D eigenvalue weighted by Gasteiger charge is -2.23. The summed E-state index contributed by atoms with van der Waals surface area (Å²) >= 11 is 0. The number of carbonyl (C=O) groups excluding carboxylic acids is 1. The normalized spacial score (nSPS) is 18.2. The van der Waals surface area contributed by atoms with Gasteiger partial charge >= 0.3 is 6.18 Å². The molecule has 1 aliphatic rings. The predicted octanol–water partition coefficient (Wildman–Crippen LogP) is 1.91. The fourth-order valence-corrected chi connectivity index (χ4v) is 2.71. The van der Waals surface area contributed by atoms with Crippen molar-refractivity contribution in [2.24, 2.45) is 0 Å². The molecule has 2 heterocycles. The number of benzene rings is 1. The minimum absolute atomic E-state index is 0.291. The maximum atomic E-state index is 13.9. The number of alkyl halides is 3. The molecule has 2 N–H and O–H groups in total. The van der Waals surface area contributed by atoms with E-state index < -0.39 is 35.0 Å². The van der Waals surface area contributed by atoms with Gasteiger partial charge in [0.15, 0.2) is 11.4 Å². The number of halogens is 4. The van der Waals surface area contributed by atoms with Gasteiger partial charge in [-0.2, -0.15) is 13.2 Å².